The molecule has 4 rings (SSSR count). The minimum atomic E-state index is -0.502. The SMILES string of the molecule is Cc1cc(=O)n(C)c2cnc(Nc3cc(N4CCN(C(=O)OC(C)(C)C)CC4)ccn3)nc12. The number of pyridine rings is 2. The van der Waals surface area contributed by atoms with E-state index in [1.807, 2.05) is 39.8 Å². The summed E-state index contributed by atoms with van der Waals surface area (Å²) < 4.78 is 7.00. The van der Waals surface area contributed by atoms with Gasteiger partial charge in [0, 0.05) is 57.2 Å². The third kappa shape index (κ3) is 5.05. The summed E-state index contributed by atoms with van der Waals surface area (Å²) in [4.78, 5) is 41.5. The van der Waals surface area contributed by atoms with Gasteiger partial charge in [-0.1, -0.05) is 0 Å². The molecule has 174 valence electrons. The van der Waals surface area contributed by atoms with E-state index in [0.717, 1.165) is 11.3 Å². The summed E-state index contributed by atoms with van der Waals surface area (Å²) in [7, 11) is 1.70. The number of piperazine rings is 1. The first-order valence-corrected chi connectivity index (χ1v) is 10.9. The van der Waals surface area contributed by atoms with Crippen LogP contribution in [0.25, 0.3) is 11.0 Å². The zero-order chi connectivity index (χ0) is 23.8. The summed E-state index contributed by atoms with van der Waals surface area (Å²) in [6.07, 6.45) is 3.09. The molecule has 0 aliphatic carbocycles. The molecule has 10 nitrogen and oxygen atoms in total. The number of carbonyl (C=O) groups is 1. The molecule has 1 saturated heterocycles. The zero-order valence-electron chi connectivity index (χ0n) is 19.6. The Labute approximate surface area is 192 Å². The Morgan fingerprint density at radius 1 is 1.12 bits per heavy atom. The van der Waals surface area contributed by atoms with E-state index in [-0.39, 0.29) is 11.7 Å². The molecule has 1 aliphatic heterocycles. The van der Waals surface area contributed by atoms with Crippen molar-refractivity contribution in [3.63, 3.8) is 0 Å². The second kappa shape index (κ2) is 8.68. The van der Waals surface area contributed by atoms with E-state index in [1.54, 1.807) is 30.4 Å². The van der Waals surface area contributed by atoms with Crippen LogP contribution in [-0.4, -0.2) is 62.3 Å². The van der Waals surface area contributed by atoms with Crippen molar-refractivity contribution in [2.24, 2.45) is 7.05 Å². The first kappa shape index (κ1) is 22.5. The van der Waals surface area contributed by atoms with Gasteiger partial charge in [-0.15, -0.1) is 0 Å². The maximum Gasteiger partial charge on any atom is 0.410 e. The van der Waals surface area contributed by atoms with Crippen molar-refractivity contribution >= 4 is 34.6 Å². The molecule has 3 aromatic heterocycles. The zero-order valence-corrected chi connectivity index (χ0v) is 19.6. The lowest BCUT2D eigenvalue weighted by molar-refractivity contribution is 0.0240. The first-order chi connectivity index (χ1) is 15.6. The van der Waals surface area contributed by atoms with Crippen molar-refractivity contribution in [1.29, 1.82) is 0 Å². The maximum absolute atomic E-state index is 12.3. The summed E-state index contributed by atoms with van der Waals surface area (Å²) in [6, 6.07) is 5.44. The summed E-state index contributed by atoms with van der Waals surface area (Å²) in [6.45, 7) is 10.0. The van der Waals surface area contributed by atoms with Crippen molar-refractivity contribution in [2.45, 2.75) is 33.3 Å². The minimum absolute atomic E-state index is 0.0922. The monoisotopic (exact) mass is 451 g/mol. The van der Waals surface area contributed by atoms with E-state index in [9.17, 15) is 9.59 Å². The van der Waals surface area contributed by atoms with Gasteiger partial charge in [-0.05, 0) is 39.3 Å². The van der Waals surface area contributed by atoms with Gasteiger partial charge in [0.1, 0.15) is 11.4 Å². The van der Waals surface area contributed by atoms with E-state index in [0.29, 0.717) is 49.0 Å². The average molecular weight is 452 g/mol. The van der Waals surface area contributed by atoms with Gasteiger partial charge in [-0.25, -0.2) is 19.7 Å². The third-order valence-corrected chi connectivity index (χ3v) is 5.45. The Kier molecular flexibility index (Phi) is 5.92. The van der Waals surface area contributed by atoms with Crippen molar-refractivity contribution in [3.05, 3.63) is 46.5 Å². The number of hydrogen-bond donors (Lipinski definition) is 1. The number of hydrogen-bond acceptors (Lipinski definition) is 8. The van der Waals surface area contributed by atoms with Crippen LogP contribution < -0.4 is 15.8 Å². The Morgan fingerprint density at radius 3 is 2.55 bits per heavy atom. The number of nitrogens with zero attached hydrogens (tertiary/aromatic N) is 6. The molecule has 0 aromatic carbocycles. The number of anilines is 3. The molecule has 0 atom stereocenters. The molecule has 0 bridgehead atoms. The van der Waals surface area contributed by atoms with E-state index >= 15 is 0 Å². The molecule has 3 aromatic rings. The van der Waals surface area contributed by atoms with Gasteiger partial charge in [-0.2, -0.15) is 0 Å². The van der Waals surface area contributed by atoms with Crippen LogP contribution in [0.2, 0.25) is 0 Å². The number of ether oxygens (including phenoxy) is 1. The number of fused-ring (bicyclic) bond motifs is 1. The van der Waals surface area contributed by atoms with Crippen LogP contribution >= 0.6 is 0 Å². The van der Waals surface area contributed by atoms with Gasteiger partial charge in [-0.3, -0.25) is 4.79 Å². The molecule has 0 saturated carbocycles. The van der Waals surface area contributed by atoms with Crippen molar-refractivity contribution in [1.82, 2.24) is 24.4 Å². The molecule has 1 fully saturated rings. The number of carbonyl (C=O) groups excluding carboxylic acids is 1. The molecule has 0 radical (unpaired) electrons. The normalized spacial score (nSPS) is 14.5. The predicted octanol–water partition coefficient (Wildman–Crippen LogP) is 2.83. The van der Waals surface area contributed by atoms with Gasteiger partial charge < -0.3 is 24.4 Å². The Hall–Kier alpha value is -3.69. The molecule has 33 heavy (non-hydrogen) atoms. The van der Waals surface area contributed by atoms with Crippen LogP contribution in [0, 0.1) is 6.92 Å². The van der Waals surface area contributed by atoms with E-state index in [2.05, 4.69) is 25.2 Å². The molecule has 10 heteroatoms. The molecule has 0 spiro atoms. The number of aromatic nitrogens is 4. The van der Waals surface area contributed by atoms with Crippen LogP contribution in [0.3, 0.4) is 0 Å². The molecular weight excluding hydrogens is 422 g/mol. The standard InChI is InChI=1S/C23H29N7O3/c1-15-12-19(31)28(5)17-14-25-21(27-20(15)17)26-18-13-16(6-7-24-18)29-8-10-30(11-9-29)22(32)33-23(2,3)4/h6-7,12-14H,8-11H2,1-5H3,(H,24,25,26,27). The number of nitrogens with one attached hydrogen (secondary N) is 1. The lowest BCUT2D eigenvalue weighted by Gasteiger charge is -2.36. The second-order valence-electron chi connectivity index (χ2n) is 9.13. The third-order valence-electron chi connectivity index (χ3n) is 5.45. The fourth-order valence-corrected chi connectivity index (χ4v) is 3.71. The van der Waals surface area contributed by atoms with Crippen LogP contribution in [-0.2, 0) is 11.8 Å². The average Bonchev–Trinajstić information content (AvgIpc) is 2.77. The van der Waals surface area contributed by atoms with Gasteiger partial charge in [0.2, 0.25) is 5.95 Å². The second-order valence-corrected chi connectivity index (χ2v) is 9.13. The molecule has 1 N–H and O–H groups in total. The molecule has 1 amide bonds. The number of amides is 1. The summed E-state index contributed by atoms with van der Waals surface area (Å²) >= 11 is 0. The number of aryl methyl sites for hydroxylation is 2. The maximum atomic E-state index is 12.3. The van der Waals surface area contributed by atoms with Gasteiger partial charge in [0.05, 0.1) is 17.2 Å². The fraction of sp³-hybridized carbons (Fsp3) is 0.435. The van der Waals surface area contributed by atoms with E-state index in [4.69, 9.17) is 4.74 Å². The van der Waals surface area contributed by atoms with Crippen molar-refractivity contribution in [2.75, 3.05) is 36.4 Å². The molecule has 0 unspecified atom stereocenters. The fourth-order valence-electron chi connectivity index (χ4n) is 3.71. The first-order valence-electron chi connectivity index (χ1n) is 10.9. The van der Waals surface area contributed by atoms with Crippen molar-refractivity contribution in [3.8, 4) is 0 Å². The number of rotatable bonds is 3. The topological polar surface area (TPSA) is 105 Å². The van der Waals surface area contributed by atoms with E-state index in [1.165, 1.54) is 4.57 Å². The highest BCUT2D eigenvalue weighted by atomic mass is 16.6. The highest BCUT2D eigenvalue weighted by Gasteiger charge is 2.26. The van der Waals surface area contributed by atoms with Crippen LogP contribution in [0.4, 0.5) is 22.2 Å². The summed E-state index contributed by atoms with van der Waals surface area (Å²) in [5.74, 6) is 1.02. The Morgan fingerprint density at radius 2 is 1.85 bits per heavy atom. The summed E-state index contributed by atoms with van der Waals surface area (Å²) in [5.41, 5.74) is 2.58. The lowest BCUT2D eigenvalue weighted by Crippen LogP contribution is -2.50. The lowest BCUT2D eigenvalue weighted by atomic mass is 10.2. The predicted molar refractivity (Wildman–Crippen MR) is 127 cm³/mol. The van der Waals surface area contributed by atoms with E-state index < -0.39 is 5.60 Å². The quantitative estimate of drug-likeness (QED) is 0.648. The van der Waals surface area contributed by atoms with Crippen LogP contribution in [0.5, 0.6) is 0 Å². The van der Waals surface area contributed by atoms with Crippen LogP contribution in [0.1, 0.15) is 26.3 Å². The Bertz CT molecular complexity index is 1240. The minimum Gasteiger partial charge on any atom is -0.444 e. The van der Waals surface area contributed by atoms with Crippen molar-refractivity contribution < 1.29 is 9.53 Å². The largest absolute Gasteiger partial charge is 0.444 e. The highest BCUT2D eigenvalue weighted by Crippen LogP contribution is 2.22. The Balaban J connectivity index is 1.46. The van der Waals surface area contributed by atoms with Gasteiger partial charge >= 0.3 is 6.09 Å². The smallest absolute Gasteiger partial charge is 0.410 e. The molecular formula is C23H29N7O3. The molecule has 1 aliphatic rings. The summed E-state index contributed by atoms with van der Waals surface area (Å²) in [5, 5.41) is 3.16. The van der Waals surface area contributed by atoms with Gasteiger partial charge in [0.15, 0.2) is 0 Å². The highest BCUT2D eigenvalue weighted by molar-refractivity contribution is 5.78. The van der Waals surface area contributed by atoms with Crippen LogP contribution in [0.15, 0.2) is 35.4 Å². The van der Waals surface area contributed by atoms with Gasteiger partial charge in [0.25, 0.3) is 5.56 Å². The molecule has 4 heterocycles.